The van der Waals surface area contributed by atoms with Crippen LogP contribution < -0.4 is 15.5 Å². The summed E-state index contributed by atoms with van der Waals surface area (Å²) in [5.41, 5.74) is 2.16. The van der Waals surface area contributed by atoms with Gasteiger partial charge in [0.15, 0.2) is 0 Å². The summed E-state index contributed by atoms with van der Waals surface area (Å²) < 4.78 is 16.2. The summed E-state index contributed by atoms with van der Waals surface area (Å²) in [6, 6.07) is 14.4. The minimum absolute atomic E-state index is 0.000762. The second-order valence-electron chi connectivity index (χ2n) is 13.1. The third-order valence-electron chi connectivity index (χ3n) is 7.50. The van der Waals surface area contributed by atoms with Gasteiger partial charge in [-0.05, 0) is 101 Å². The van der Waals surface area contributed by atoms with Crippen molar-refractivity contribution in [2.75, 3.05) is 43.7 Å². The van der Waals surface area contributed by atoms with E-state index in [1.54, 1.807) is 43.7 Å². The molecule has 1 aliphatic heterocycles. The van der Waals surface area contributed by atoms with E-state index in [4.69, 9.17) is 14.2 Å². The van der Waals surface area contributed by atoms with Crippen LogP contribution in [0.3, 0.4) is 0 Å². The molecule has 0 spiro atoms. The van der Waals surface area contributed by atoms with E-state index in [2.05, 4.69) is 10.6 Å². The summed E-state index contributed by atoms with van der Waals surface area (Å²) in [5.74, 6) is -0.372. The normalized spacial score (nSPS) is 16.8. The van der Waals surface area contributed by atoms with Crippen LogP contribution in [0.1, 0.15) is 75.4 Å². The Morgan fingerprint density at radius 1 is 1.08 bits per heavy atom. The number of esters is 1. The van der Waals surface area contributed by atoms with Crippen molar-refractivity contribution in [3.05, 3.63) is 65.2 Å². The van der Waals surface area contributed by atoms with E-state index in [0.717, 1.165) is 11.1 Å². The van der Waals surface area contributed by atoms with E-state index in [0.29, 0.717) is 49.4 Å². The van der Waals surface area contributed by atoms with Crippen LogP contribution >= 0.6 is 23.5 Å². The average molecular weight is 702 g/mol. The van der Waals surface area contributed by atoms with Gasteiger partial charge in [-0.3, -0.25) is 9.59 Å². The van der Waals surface area contributed by atoms with Gasteiger partial charge >= 0.3 is 11.3 Å². The lowest BCUT2D eigenvalue weighted by molar-refractivity contribution is -0.149. The number of methoxy groups -OCH3 is 1. The third-order valence-corrected chi connectivity index (χ3v) is 9.11. The summed E-state index contributed by atoms with van der Waals surface area (Å²) in [6.07, 6.45) is 3.35. The van der Waals surface area contributed by atoms with Gasteiger partial charge in [-0.25, -0.2) is 9.59 Å². The minimum Gasteiger partial charge on any atom is -0.461 e. The zero-order chi connectivity index (χ0) is 35.3. The van der Waals surface area contributed by atoms with Crippen LogP contribution in [0.4, 0.5) is 10.5 Å². The van der Waals surface area contributed by atoms with E-state index in [-0.39, 0.29) is 41.6 Å². The quantitative estimate of drug-likeness (QED) is 0.206. The lowest BCUT2D eigenvalue weighted by Crippen LogP contribution is -2.43. The highest BCUT2D eigenvalue weighted by Gasteiger charge is 2.32. The SMILES string of the molecule is COCCC(=O)N(C[C@@H]1C[C@H](SC(=O)OC(C)(C)C)CN1)c1ccc(Cc2ccccc2)c(C(=O)N[C@@H](CCSC)C(=O)OC(C)C)c1. The van der Waals surface area contributed by atoms with Crippen LogP contribution in [-0.2, 0) is 30.2 Å². The Hall–Kier alpha value is -3.06. The standard InChI is InChI=1S/C36H51N3O7S2/c1-24(2)45-34(42)31(16-18-47-7)38-33(41)30-21-28(14-13-26(30)19-25-11-9-8-10-12-25)39(32(40)15-17-44-6)23-27-20-29(22-37-27)48-35(43)46-36(3,4)5/h8-14,21,24,27,29,31,37H,15-20,22-23H2,1-7H3,(H,38,41)/t27-,29-,31-/m0/s1. The number of benzene rings is 2. The number of amides is 2. The van der Waals surface area contributed by atoms with Gasteiger partial charge in [0.1, 0.15) is 11.6 Å². The van der Waals surface area contributed by atoms with Crippen molar-refractivity contribution in [3.8, 4) is 0 Å². The predicted molar refractivity (Wildman–Crippen MR) is 194 cm³/mol. The molecule has 1 fully saturated rings. The molecule has 2 aromatic rings. The van der Waals surface area contributed by atoms with Gasteiger partial charge in [0.2, 0.25) is 5.91 Å². The number of rotatable bonds is 16. The number of hydrogen-bond donors (Lipinski definition) is 2. The maximum atomic E-state index is 14.0. The number of nitrogens with one attached hydrogen (secondary N) is 2. The van der Waals surface area contributed by atoms with Crippen molar-refractivity contribution < 1.29 is 33.4 Å². The summed E-state index contributed by atoms with van der Waals surface area (Å²) in [6.45, 7) is 10.3. The van der Waals surface area contributed by atoms with E-state index >= 15 is 0 Å². The maximum Gasteiger partial charge on any atom is 0.368 e. The van der Waals surface area contributed by atoms with Crippen LogP contribution in [-0.4, -0.2) is 90.9 Å². The largest absolute Gasteiger partial charge is 0.461 e. The highest BCUT2D eigenvalue weighted by Crippen LogP contribution is 2.28. The highest BCUT2D eigenvalue weighted by atomic mass is 32.2. The summed E-state index contributed by atoms with van der Waals surface area (Å²) in [4.78, 5) is 54.7. The molecule has 264 valence electrons. The number of ether oxygens (including phenoxy) is 3. The molecule has 0 aromatic heterocycles. The highest BCUT2D eigenvalue weighted by molar-refractivity contribution is 8.13. The van der Waals surface area contributed by atoms with Crippen molar-refractivity contribution in [3.63, 3.8) is 0 Å². The minimum atomic E-state index is -0.817. The van der Waals surface area contributed by atoms with Gasteiger partial charge in [0, 0.05) is 42.7 Å². The molecule has 2 N–H and O–H groups in total. The molecule has 1 saturated heterocycles. The predicted octanol–water partition coefficient (Wildman–Crippen LogP) is 5.85. The molecule has 48 heavy (non-hydrogen) atoms. The van der Waals surface area contributed by atoms with Crippen LogP contribution in [0, 0.1) is 0 Å². The fourth-order valence-corrected chi connectivity index (χ4v) is 6.82. The molecule has 10 nitrogen and oxygen atoms in total. The van der Waals surface area contributed by atoms with Crippen LogP contribution in [0.2, 0.25) is 0 Å². The van der Waals surface area contributed by atoms with E-state index < -0.39 is 23.5 Å². The number of nitrogens with zero attached hydrogens (tertiary/aromatic N) is 1. The zero-order valence-electron chi connectivity index (χ0n) is 29.2. The number of anilines is 1. The fourth-order valence-electron chi connectivity index (χ4n) is 5.27. The van der Waals surface area contributed by atoms with Gasteiger partial charge in [-0.15, -0.1) is 0 Å². The Morgan fingerprint density at radius 3 is 2.46 bits per heavy atom. The molecular formula is C36H51N3O7S2. The number of carbonyl (C=O) groups excluding carboxylic acids is 4. The Bertz CT molecular complexity index is 1370. The van der Waals surface area contributed by atoms with Crippen molar-refractivity contribution in [1.29, 1.82) is 0 Å². The van der Waals surface area contributed by atoms with Gasteiger partial charge in [-0.2, -0.15) is 11.8 Å². The molecule has 3 rings (SSSR count). The monoisotopic (exact) mass is 701 g/mol. The summed E-state index contributed by atoms with van der Waals surface area (Å²) >= 11 is 2.75. The Kier molecular flexibility index (Phi) is 15.8. The Labute approximate surface area is 293 Å². The maximum absolute atomic E-state index is 14.0. The van der Waals surface area contributed by atoms with Crippen molar-refractivity contribution in [1.82, 2.24) is 10.6 Å². The first-order valence-corrected chi connectivity index (χ1v) is 18.7. The first-order chi connectivity index (χ1) is 22.8. The van der Waals surface area contributed by atoms with Gasteiger partial charge in [0.25, 0.3) is 5.91 Å². The van der Waals surface area contributed by atoms with E-state index in [1.807, 2.05) is 69.5 Å². The molecule has 1 aliphatic rings. The lowest BCUT2D eigenvalue weighted by Gasteiger charge is -2.27. The molecular weight excluding hydrogens is 651 g/mol. The van der Waals surface area contributed by atoms with E-state index in [9.17, 15) is 19.2 Å². The zero-order valence-corrected chi connectivity index (χ0v) is 30.8. The topological polar surface area (TPSA) is 123 Å². The van der Waals surface area contributed by atoms with Gasteiger partial charge in [-0.1, -0.05) is 36.4 Å². The molecule has 1 heterocycles. The molecule has 0 radical (unpaired) electrons. The number of carbonyl (C=O) groups is 4. The number of thioether (sulfide) groups is 2. The van der Waals surface area contributed by atoms with Gasteiger partial charge in [0.05, 0.1) is 19.1 Å². The molecule has 2 aromatic carbocycles. The van der Waals surface area contributed by atoms with E-state index in [1.165, 1.54) is 11.8 Å². The molecule has 0 bridgehead atoms. The first-order valence-electron chi connectivity index (χ1n) is 16.4. The number of hydrogen-bond acceptors (Lipinski definition) is 10. The molecule has 2 amide bonds. The van der Waals surface area contributed by atoms with Gasteiger partial charge < -0.3 is 29.7 Å². The summed E-state index contributed by atoms with van der Waals surface area (Å²) in [7, 11) is 1.55. The lowest BCUT2D eigenvalue weighted by atomic mass is 9.97. The second kappa shape index (κ2) is 19.2. The molecule has 12 heteroatoms. The molecule has 3 atom stereocenters. The molecule has 0 unspecified atom stereocenters. The van der Waals surface area contributed by atoms with Crippen LogP contribution in [0.5, 0.6) is 0 Å². The second-order valence-corrected chi connectivity index (χ2v) is 15.3. The smallest absolute Gasteiger partial charge is 0.368 e. The fraction of sp³-hybridized carbons (Fsp3) is 0.556. The van der Waals surface area contributed by atoms with Crippen molar-refractivity contribution in [2.24, 2.45) is 0 Å². The Morgan fingerprint density at radius 2 is 1.81 bits per heavy atom. The van der Waals surface area contributed by atoms with Crippen molar-refractivity contribution >= 4 is 52.3 Å². The Balaban J connectivity index is 1.93. The molecule has 0 aliphatic carbocycles. The third kappa shape index (κ3) is 13.1. The first kappa shape index (κ1) is 39.4. The van der Waals surface area contributed by atoms with Crippen LogP contribution in [0.25, 0.3) is 0 Å². The molecule has 0 saturated carbocycles. The average Bonchev–Trinajstić information content (AvgIpc) is 3.46. The van der Waals surface area contributed by atoms with Crippen molar-refractivity contribution in [2.45, 2.75) is 89.3 Å². The van der Waals surface area contributed by atoms with Crippen LogP contribution in [0.15, 0.2) is 48.5 Å². The summed E-state index contributed by atoms with van der Waals surface area (Å²) in [5, 5.41) is 6.07.